The van der Waals surface area contributed by atoms with Crippen LogP contribution in [0.2, 0.25) is 0 Å². The van der Waals surface area contributed by atoms with E-state index >= 15 is 0 Å². The molecule has 0 radical (unpaired) electrons. The lowest BCUT2D eigenvalue weighted by molar-refractivity contribution is -0.140. The molecule has 1 aliphatic carbocycles. The van der Waals surface area contributed by atoms with E-state index in [4.69, 9.17) is 0 Å². The van der Waals surface area contributed by atoms with E-state index in [1.165, 1.54) is 11.3 Å². The van der Waals surface area contributed by atoms with Gasteiger partial charge in [0.2, 0.25) is 0 Å². The van der Waals surface area contributed by atoms with E-state index in [0.717, 1.165) is 58.5 Å². The number of rotatable bonds is 7. The molecule has 0 saturated heterocycles. The first-order chi connectivity index (χ1) is 15.6. The smallest absolute Gasteiger partial charge is 0.326 e. The standard InChI is InChI=1S/C25H33N3O4S/c1-6-14(3)21(24(30)31)26-22(29)19-17-9-7-8-10-18(17)33-23(19)28-25(32)27-20-15(4)11-13(2)12-16(20)5/h11-12,14,21H,6-10H2,1-5H3,(H,26,29)(H,30,31)(H2,27,28,32)/t14?,21-/m0/s1. The topological polar surface area (TPSA) is 108 Å². The van der Waals surface area contributed by atoms with Gasteiger partial charge in [-0.2, -0.15) is 0 Å². The summed E-state index contributed by atoms with van der Waals surface area (Å²) < 4.78 is 0. The second kappa shape index (κ2) is 10.4. The van der Waals surface area contributed by atoms with Crippen molar-refractivity contribution in [1.29, 1.82) is 0 Å². The Morgan fingerprint density at radius 1 is 1.06 bits per heavy atom. The number of anilines is 2. The van der Waals surface area contributed by atoms with Crippen molar-refractivity contribution in [3.63, 3.8) is 0 Å². The fourth-order valence-electron chi connectivity index (χ4n) is 4.42. The van der Waals surface area contributed by atoms with Gasteiger partial charge in [-0.1, -0.05) is 38.0 Å². The molecule has 0 saturated carbocycles. The number of aliphatic carboxylic acids is 1. The number of urea groups is 1. The van der Waals surface area contributed by atoms with Gasteiger partial charge in [-0.25, -0.2) is 9.59 Å². The predicted octanol–water partition coefficient (Wildman–Crippen LogP) is 5.43. The zero-order chi connectivity index (χ0) is 24.3. The third kappa shape index (κ3) is 5.55. The van der Waals surface area contributed by atoms with Crippen molar-refractivity contribution in [2.24, 2.45) is 5.92 Å². The summed E-state index contributed by atoms with van der Waals surface area (Å²) in [4.78, 5) is 39.0. The minimum atomic E-state index is -1.06. The van der Waals surface area contributed by atoms with E-state index in [-0.39, 0.29) is 5.92 Å². The molecule has 0 fully saturated rings. The molecule has 3 amide bonds. The van der Waals surface area contributed by atoms with E-state index < -0.39 is 23.9 Å². The maximum absolute atomic E-state index is 13.3. The van der Waals surface area contributed by atoms with Crippen LogP contribution in [0.5, 0.6) is 0 Å². The van der Waals surface area contributed by atoms with Crippen molar-refractivity contribution >= 4 is 39.9 Å². The number of carboxylic acids is 1. The number of aryl methyl sites for hydroxylation is 4. The predicted molar refractivity (Wildman–Crippen MR) is 133 cm³/mol. The molecule has 0 spiro atoms. The number of fused-ring (bicyclic) bond motifs is 1. The number of carbonyl (C=O) groups excluding carboxylic acids is 2. The maximum Gasteiger partial charge on any atom is 0.326 e. The fraction of sp³-hybridized carbons (Fsp3) is 0.480. The van der Waals surface area contributed by atoms with Gasteiger partial charge in [0.25, 0.3) is 5.91 Å². The van der Waals surface area contributed by atoms with Crippen molar-refractivity contribution in [2.75, 3.05) is 10.6 Å². The van der Waals surface area contributed by atoms with E-state index in [1.807, 2.05) is 39.8 Å². The number of amides is 3. The highest BCUT2D eigenvalue weighted by Crippen LogP contribution is 2.38. The molecular weight excluding hydrogens is 438 g/mol. The van der Waals surface area contributed by atoms with Crippen molar-refractivity contribution in [3.05, 3.63) is 44.8 Å². The summed E-state index contributed by atoms with van der Waals surface area (Å²) in [5.41, 5.74) is 5.11. The number of hydrogen-bond donors (Lipinski definition) is 4. The summed E-state index contributed by atoms with van der Waals surface area (Å²) in [6.45, 7) is 9.60. The van der Waals surface area contributed by atoms with E-state index in [2.05, 4.69) is 16.0 Å². The lowest BCUT2D eigenvalue weighted by Gasteiger charge is -2.21. The van der Waals surface area contributed by atoms with Crippen LogP contribution in [0.4, 0.5) is 15.5 Å². The minimum absolute atomic E-state index is 0.215. The Kier molecular flexibility index (Phi) is 7.79. The van der Waals surface area contributed by atoms with Gasteiger partial charge in [0, 0.05) is 10.6 Å². The van der Waals surface area contributed by atoms with Gasteiger partial charge in [0.1, 0.15) is 11.0 Å². The lowest BCUT2D eigenvalue weighted by atomic mass is 9.94. The van der Waals surface area contributed by atoms with Crippen LogP contribution in [0.1, 0.15) is 70.6 Å². The molecule has 178 valence electrons. The zero-order valence-corrected chi connectivity index (χ0v) is 20.7. The molecule has 1 unspecified atom stereocenters. The first-order valence-electron chi connectivity index (χ1n) is 11.5. The highest BCUT2D eigenvalue weighted by molar-refractivity contribution is 7.17. The van der Waals surface area contributed by atoms with Gasteiger partial charge in [-0.05, 0) is 69.1 Å². The van der Waals surface area contributed by atoms with Crippen molar-refractivity contribution in [2.45, 2.75) is 72.8 Å². The average Bonchev–Trinajstić information content (AvgIpc) is 3.11. The molecule has 0 aliphatic heterocycles. The summed E-state index contributed by atoms with van der Waals surface area (Å²) in [5.74, 6) is -1.72. The molecule has 4 N–H and O–H groups in total. The molecular formula is C25H33N3O4S. The Hall–Kier alpha value is -2.87. The summed E-state index contributed by atoms with van der Waals surface area (Å²) in [6, 6.07) is 2.61. The van der Waals surface area contributed by atoms with Crippen molar-refractivity contribution < 1.29 is 19.5 Å². The SMILES string of the molecule is CCC(C)[C@H](NC(=O)c1c(NC(=O)Nc2c(C)cc(C)cc2C)sc2c1CCCC2)C(=O)O. The second-order valence-corrected chi connectivity index (χ2v) is 10.0. The van der Waals surface area contributed by atoms with Crippen LogP contribution in [-0.4, -0.2) is 29.1 Å². The van der Waals surface area contributed by atoms with Crippen LogP contribution >= 0.6 is 11.3 Å². The van der Waals surface area contributed by atoms with Crippen molar-refractivity contribution in [3.8, 4) is 0 Å². The summed E-state index contributed by atoms with van der Waals surface area (Å²) in [5, 5.41) is 18.6. The van der Waals surface area contributed by atoms with Gasteiger partial charge in [-0.15, -0.1) is 11.3 Å². The quantitative estimate of drug-likeness (QED) is 0.432. The highest BCUT2D eigenvalue weighted by Gasteiger charge is 2.31. The van der Waals surface area contributed by atoms with E-state index in [9.17, 15) is 19.5 Å². The molecule has 1 aliphatic rings. The monoisotopic (exact) mass is 471 g/mol. The number of hydrogen-bond acceptors (Lipinski definition) is 4. The van der Waals surface area contributed by atoms with Gasteiger partial charge < -0.3 is 15.7 Å². The van der Waals surface area contributed by atoms with Gasteiger partial charge in [0.15, 0.2) is 0 Å². The van der Waals surface area contributed by atoms with E-state index in [0.29, 0.717) is 17.0 Å². The molecule has 1 heterocycles. The van der Waals surface area contributed by atoms with Gasteiger partial charge in [-0.3, -0.25) is 10.1 Å². The largest absolute Gasteiger partial charge is 0.480 e. The normalized spacial score (nSPS) is 14.7. The number of carboxylic acid groups (broad SMARTS) is 1. The van der Waals surface area contributed by atoms with Crippen molar-refractivity contribution in [1.82, 2.24) is 5.32 Å². The molecule has 2 aromatic rings. The highest BCUT2D eigenvalue weighted by atomic mass is 32.1. The Bertz CT molecular complexity index is 1050. The third-order valence-electron chi connectivity index (χ3n) is 6.31. The van der Waals surface area contributed by atoms with Crippen LogP contribution in [0, 0.1) is 26.7 Å². The fourth-order valence-corrected chi connectivity index (χ4v) is 5.70. The van der Waals surface area contributed by atoms with Crippen LogP contribution in [0.25, 0.3) is 0 Å². The second-order valence-electron chi connectivity index (χ2n) is 8.94. The summed E-state index contributed by atoms with van der Waals surface area (Å²) >= 11 is 1.41. The first kappa shape index (κ1) is 24.8. The Morgan fingerprint density at radius 3 is 2.30 bits per heavy atom. The Labute approximate surface area is 199 Å². The molecule has 33 heavy (non-hydrogen) atoms. The number of thiophene rings is 1. The number of nitrogens with one attached hydrogen (secondary N) is 3. The molecule has 3 rings (SSSR count). The Balaban J connectivity index is 1.88. The molecule has 2 atom stereocenters. The summed E-state index contributed by atoms with van der Waals surface area (Å²) in [6.07, 6.45) is 4.22. The summed E-state index contributed by atoms with van der Waals surface area (Å²) in [7, 11) is 0. The first-order valence-corrected chi connectivity index (χ1v) is 12.3. The number of benzene rings is 1. The third-order valence-corrected chi connectivity index (χ3v) is 7.51. The van der Waals surface area contributed by atoms with Crippen LogP contribution < -0.4 is 16.0 Å². The molecule has 0 bridgehead atoms. The maximum atomic E-state index is 13.3. The van der Waals surface area contributed by atoms with Crippen LogP contribution in [0.3, 0.4) is 0 Å². The molecule has 7 nitrogen and oxygen atoms in total. The van der Waals surface area contributed by atoms with Crippen LogP contribution in [0.15, 0.2) is 12.1 Å². The van der Waals surface area contributed by atoms with Gasteiger partial charge >= 0.3 is 12.0 Å². The lowest BCUT2D eigenvalue weighted by Crippen LogP contribution is -2.45. The minimum Gasteiger partial charge on any atom is -0.480 e. The van der Waals surface area contributed by atoms with Crippen LogP contribution in [-0.2, 0) is 17.6 Å². The zero-order valence-electron chi connectivity index (χ0n) is 19.9. The average molecular weight is 472 g/mol. The molecule has 1 aromatic carbocycles. The Morgan fingerprint density at radius 2 is 1.70 bits per heavy atom. The molecule has 1 aromatic heterocycles. The van der Waals surface area contributed by atoms with Gasteiger partial charge in [0.05, 0.1) is 5.56 Å². The number of carbonyl (C=O) groups is 3. The molecule has 8 heteroatoms. The van der Waals surface area contributed by atoms with E-state index in [1.54, 1.807) is 6.92 Å².